The molecule has 0 amide bonds. The van der Waals surface area contributed by atoms with Crippen LogP contribution in [0.4, 0.5) is 0 Å². The van der Waals surface area contributed by atoms with Crippen LogP contribution in [-0.4, -0.2) is 24.6 Å². The zero-order valence-electron chi connectivity index (χ0n) is 13.6. The van der Waals surface area contributed by atoms with Crippen LogP contribution in [0.3, 0.4) is 0 Å². The van der Waals surface area contributed by atoms with Gasteiger partial charge in [0.1, 0.15) is 0 Å². The van der Waals surface area contributed by atoms with Crippen molar-refractivity contribution in [1.82, 2.24) is 0 Å². The smallest absolute Gasteiger partial charge is 0.306 e. The molecule has 0 aliphatic heterocycles. The summed E-state index contributed by atoms with van der Waals surface area (Å²) in [5, 5.41) is 0. The van der Waals surface area contributed by atoms with Crippen LogP contribution >= 0.6 is 0 Å². The average molecular weight is 286 g/mol. The molecule has 0 aromatic rings. The summed E-state index contributed by atoms with van der Waals surface area (Å²) < 4.78 is 10.3. The van der Waals surface area contributed by atoms with E-state index in [2.05, 4.69) is 13.8 Å². The lowest BCUT2D eigenvalue weighted by Crippen LogP contribution is -2.17. The highest BCUT2D eigenvalue weighted by atomic mass is 16.5. The van der Waals surface area contributed by atoms with Crippen molar-refractivity contribution in [2.75, 3.05) is 6.61 Å². The second-order valence-corrected chi connectivity index (χ2v) is 6.20. The summed E-state index contributed by atoms with van der Waals surface area (Å²) in [6.07, 6.45) is 3.21. The SMILES string of the molecule is CC(C)CCCC(C)OC(=O)CCC(=O)OCC(C)C. The topological polar surface area (TPSA) is 52.6 Å². The molecule has 0 saturated heterocycles. The highest BCUT2D eigenvalue weighted by molar-refractivity contribution is 5.77. The lowest BCUT2D eigenvalue weighted by Gasteiger charge is -2.14. The predicted octanol–water partition coefficient (Wildman–Crippen LogP) is 3.72. The quantitative estimate of drug-likeness (QED) is 0.574. The first kappa shape index (κ1) is 18.9. The number of esters is 2. The Labute approximate surface area is 123 Å². The van der Waals surface area contributed by atoms with Crippen molar-refractivity contribution in [3.8, 4) is 0 Å². The van der Waals surface area contributed by atoms with Gasteiger partial charge in [-0.25, -0.2) is 0 Å². The van der Waals surface area contributed by atoms with Gasteiger partial charge in [-0.15, -0.1) is 0 Å². The molecule has 0 aromatic carbocycles. The molecule has 0 aliphatic rings. The molecule has 1 unspecified atom stereocenters. The van der Waals surface area contributed by atoms with Crippen molar-refractivity contribution < 1.29 is 19.1 Å². The molecule has 0 N–H and O–H groups in total. The zero-order valence-corrected chi connectivity index (χ0v) is 13.6. The number of carbonyl (C=O) groups excluding carboxylic acids is 2. The van der Waals surface area contributed by atoms with E-state index in [0.29, 0.717) is 18.4 Å². The van der Waals surface area contributed by atoms with Gasteiger partial charge in [0.25, 0.3) is 0 Å². The monoisotopic (exact) mass is 286 g/mol. The maximum atomic E-state index is 11.6. The third kappa shape index (κ3) is 12.0. The summed E-state index contributed by atoms with van der Waals surface area (Å²) in [6.45, 7) is 10.6. The van der Waals surface area contributed by atoms with Crippen molar-refractivity contribution in [1.29, 1.82) is 0 Å². The van der Waals surface area contributed by atoms with E-state index in [0.717, 1.165) is 19.3 Å². The summed E-state index contributed by atoms with van der Waals surface area (Å²) in [6, 6.07) is 0. The van der Waals surface area contributed by atoms with Crippen LogP contribution in [0.15, 0.2) is 0 Å². The minimum Gasteiger partial charge on any atom is -0.465 e. The summed E-state index contributed by atoms with van der Waals surface area (Å²) in [5.41, 5.74) is 0. The van der Waals surface area contributed by atoms with Gasteiger partial charge in [0.2, 0.25) is 0 Å². The second kappa shape index (κ2) is 10.7. The maximum absolute atomic E-state index is 11.6. The molecule has 1 atom stereocenters. The predicted molar refractivity (Wildman–Crippen MR) is 79.3 cm³/mol. The van der Waals surface area contributed by atoms with E-state index in [9.17, 15) is 9.59 Å². The standard InChI is InChI=1S/C16H30O4/c1-12(2)7-6-8-14(5)20-16(18)10-9-15(17)19-11-13(3)4/h12-14H,6-11H2,1-5H3. The fourth-order valence-corrected chi connectivity index (χ4v) is 1.69. The number of hydrogen-bond donors (Lipinski definition) is 0. The van der Waals surface area contributed by atoms with Crippen molar-refractivity contribution in [3.63, 3.8) is 0 Å². The van der Waals surface area contributed by atoms with Gasteiger partial charge >= 0.3 is 11.9 Å². The van der Waals surface area contributed by atoms with Gasteiger partial charge < -0.3 is 9.47 Å². The van der Waals surface area contributed by atoms with Crippen LogP contribution in [0.2, 0.25) is 0 Å². The molecule has 4 heteroatoms. The molecule has 20 heavy (non-hydrogen) atoms. The Balaban J connectivity index is 3.68. The van der Waals surface area contributed by atoms with E-state index in [1.54, 1.807) is 0 Å². The first-order valence-corrected chi connectivity index (χ1v) is 7.66. The molecule has 0 saturated carbocycles. The molecule has 0 radical (unpaired) electrons. The Kier molecular flexibility index (Phi) is 10.1. The highest BCUT2D eigenvalue weighted by Crippen LogP contribution is 2.11. The number of hydrogen-bond acceptors (Lipinski definition) is 4. The Morgan fingerprint density at radius 3 is 2.00 bits per heavy atom. The van der Waals surface area contributed by atoms with Gasteiger partial charge in [0, 0.05) is 0 Å². The first-order chi connectivity index (χ1) is 9.31. The molecule has 118 valence electrons. The normalized spacial score (nSPS) is 12.6. The molecule has 0 aromatic heterocycles. The van der Waals surface area contributed by atoms with E-state index in [-0.39, 0.29) is 30.9 Å². The molecule has 0 rings (SSSR count). The highest BCUT2D eigenvalue weighted by Gasteiger charge is 2.13. The molecular formula is C16H30O4. The van der Waals surface area contributed by atoms with Gasteiger partial charge in [0.15, 0.2) is 0 Å². The summed E-state index contributed by atoms with van der Waals surface area (Å²) in [5.74, 6) is 0.340. The Hall–Kier alpha value is -1.06. The lowest BCUT2D eigenvalue weighted by molar-refractivity contribution is -0.153. The third-order valence-corrected chi connectivity index (χ3v) is 2.84. The molecule has 4 nitrogen and oxygen atoms in total. The molecule has 0 fully saturated rings. The molecule has 0 spiro atoms. The second-order valence-electron chi connectivity index (χ2n) is 6.20. The first-order valence-electron chi connectivity index (χ1n) is 7.66. The van der Waals surface area contributed by atoms with E-state index < -0.39 is 0 Å². The van der Waals surface area contributed by atoms with Gasteiger partial charge in [0.05, 0.1) is 25.6 Å². The van der Waals surface area contributed by atoms with E-state index >= 15 is 0 Å². The molecule has 0 bridgehead atoms. The van der Waals surface area contributed by atoms with Crippen LogP contribution < -0.4 is 0 Å². The number of carbonyl (C=O) groups is 2. The van der Waals surface area contributed by atoms with Crippen LogP contribution in [0.25, 0.3) is 0 Å². The lowest BCUT2D eigenvalue weighted by atomic mass is 10.0. The third-order valence-electron chi connectivity index (χ3n) is 2.84. The Bertz CT molecular complexity index is 284. The summed E-state index contributed by atoms with van der Waals surface area (Å²) in [4.78, 5) is 22.9. The number of rotatable bonds is 10. The molecule has 0 aliphatic carbocycles. The van der Waals surface area contributed by atoms with Crippen molar-refractivity contribution in [2.24, 2.45) is 11.8 Å². The van der Waals surface area contributed by atoms with E-state index in [4.69, 9.17) is 9.47 Å². The Morgan fingerprint density at radius 2 is 1.45 bits per heavy atom. The van der Waals surface area contributed by atoms with E-state index in [1.807, 2.05) is 20.8 Å². The minimum absolute atomic E-state index is 0.0760. The van der Waals surface area contributed by atoms with Gasteiger partial charge in [-0.1, -0.05) is 34.1 Å². The summed E-state index contributed by atoms with van der Waals surface area (Å²) in [7, 11) is 0. The fourth-order valence-electron chi connectivity index (χ4n) is 1.69. The van der Waals surface area contributed by atoms with E-state index in [1.165, 1.54) is 0 Å². The zero-order chi connectivity index (χ0) is 15.5. The average Bonchev–Trinajstić information content (AvgIpc) is 2.33. The van der Waals surface area contributed by atoms with Gasteiger partial charge in [-0.2, -0.15) is 0 Å². The van der Waals surface area contributed by atoms with Crippen LogP contribution in [0.1, 0.15) is 66.7 Å². The van der Waals surface area contributed by atoms with Crippen molar-refractivity contribution in [3.05, 3.63) is 0 Å². The largest absolute Gasteiger partial charge is 0.465 e. The van der Waals surface area contributed by atoms with Crippen LogP contribution in [-0.2, 0) is 19.1 Å². The van der Waals surface area contributed by atoms with Crippen LogP contribution in [0.5, 0.6) is 0 Å². The van der Waals surface area contributed by atoms with Crippen LogP contribution in [0, 0.1) is 11.8 Å². The molecule has 0 heterocycles. The Morgan fingerprint density at radius 1 is 0.850 bits per heavy atom. The van der Waals surface area contributed by atoms with Gasteiger partial charge in [-0.05, 0) is 31.6 Å². The summed E-state index contributed by atoms with van der Waals surface area (Å²) >= 11 is 0. The number of ether oxygens (including phenoxy) is 2. The van der Waals surface area contributed by atoms with Crippen molar-refractivity contribution >= 4 is 11.9 Å². The fraction of sp³-hybridized carbons (Fsp3) is 0.875. The van der Waals surface area contributed by atoms with Gasteiger partial charge in [-0.3, -0.25) is 9.59 Å². The molecular weight excluding hydrogens is 256 g/mol. The van der Waals surface area contributed by atoms with Crippen molar-refractivity contribution in [2.45, 2.75) is 72.8 Å². The maximum Gasteiger partial charge on any atom is 0.306 e. The minimum atomic E-state index is -0.330.